The third kappa shape index (κ3) is 4.97. The minimum absolute atomic E-state index is 0.129. The van der Waals surface area contributed by atoms with Gasteiger partial charge in [-0.15, -0.1) is 0 Å². The van der Waals surface area contributed by atoms with Crippen molar-refractivity contribution in [3.63, 3.8) is 0 Å². The summed E-state index contributed by atoms with van der Waals surface area (Å²) in [6, 6.07) is 16.4. The first-order chi connectivity index (χ1) is 13.6. The van der Waals surface area contributed by atoms with Crippen LogP contribution in [0.15, 0.2) is 54.6 Å². The summed E-state index contributed by atoms with van der Waals surface area (Å²) in [5, 5.41) is 2.95. The van der Waals surface area contributed by atoms with Gasteiger partial charge in [0.05, 0.1) is 6.04 Å². The molecule has 6 heteroatoms. The third-order valence-electron chi connectivity index (χ3n) is 5.15. The lowest BCUT2D eigenvalue weighted by Crippen LogP contribution is -2.51. The average Bonchev–Trinajstić information content (AvgIpc) is 3.22. The fourth-order valence-corrected chi connectivity index (χ4v) is 3.64. The van der Waals surface area contributed by atoms with Gasteiger partial charge in [-0.05, 0) is 36.0 Å². The first kappa shape index (κ1) is 20.0. The lowest BCUT2D eigenvalue weighted by Gasteiger charge is -2.26. The van der Waals surface area contributed by atoms with Crippen LogP contribution >= 0.6 is 0 Å². The number of hydrogen-bond donors (Lipinski definition) is 3. The molecule has 2 aromatic rings. The topological polar surface area (TPSA) is 101 Å². The number of nitrogens with one attached hydrogen (secondary N) is 1. The first-order valence-electron chi connectivity index (χ1n) is 9.74. The van der Waals surface area contributed by atoms with Crippen LogP contribution in [-0.2, 0) is 29.1 Å². The molecule has 2 aromatic carbocycles. The van der Waals surface area contributed by atoms with Crippen LogP contribution in [0.5, 0.6) is 0 Å². The van der Waals surface area contributed by atoms with Crippen molar-refractivity contribution in [3.8, 4) is 0 Å². The normalized spacial score (nSPS) is 17.4. The maximum absolute atomic E-state index is 12.8. The van der Waals surface area contributed by atoms with Gasteiger partial charge in [-0.2, -0.15) is 0 Å². The number of carbonyl (C=O) groups is 2. The molecule has 1 saturated heterocycles. The quantitative estimate of drug-likeness (QED) is 0.674. The van der Waals surface area contributed by atoms with Crippen LogP contribution in [0.4, 0.5) is 0 Å². The van der Waals surface area contributed by atoms with E-state index in [1.54, 1.807) is 4.90 Å². The zero-order valence-electron chi connectivity index (χ0n) is 16.0. The molecule has 1 fully saturated rings. The number of nitrogens with two attached hydrogens (primary N) is 2. The fraction of sp³-hybridized carbons (Fsp3) is 0.364. The van der Waals surface area contributed by atoms with E-state index in [2.05, 4.69) is 5.32 Å². The van der Waals surface area contributed by atoms with Gasteiger partial charge >= 0.3 is 0 Å². The van der Waals surface area contributed by atoms with E-state index in [1.807, 2.05) is 54.6 Å². The molecule has 0 saturated carbocycles. The smallest absolute Gasteiger partial charge is 0.243 e. The Labute approximate surface area is 165 Å². The van der Waals surface area contributed by atoms with Gasteiger partial charge in [-0.3, -0.25) is 9.59 Å². The summed E-state index contributed by atoms with van der Waals surface area (Å²) >= 11 is 0. The number of amides is 2. The van der Waals surface area contributed by atoms with E-state index in [4.69, 9.17) is 11.5 Å². The molecule has 2 amide bonds. The number of hydrogen-bond acceptors (Lipinski definition) is 4. The zero-order chi connectivity index (χ0) is 19.9. The Hall–Kier alpha value is -2.70. The van der Waals surface area contributed by atoms with E-state index in [0.29, 0.717) is 32.5 Å². The lowest BCUT2D eigenvalue weighted by atomic mass is 10.1. The number of benzene rings is 2. The Morgan fingerprint density at radius 3 is 2.54 bits per heavy atom. The molecule has 6 nitrogen and oxygen atoms in total. The highest BCUT2D eigenvalue weighted by Crippen LogP contribution is 2.19. The maximum atomic E-state index is 12.8. The van der Waals surface area contributed by atoms with Crippen molar-refractivity contribution < 1.29 is 9.59 Å². The molecule has 0 aromatic heterocycles. The van der Waals surface area contributed by atoms with Crippen molar-refractivity contribution in [2.75, 3.05) is 6.54 Å². The van der Waals surface area contributed by atoms with Crippen molar-refractivity contribution in [3.05, 3.63) is 71.3 Å². The van der Waals surface area contributed by atoms with E-state index < -0.39 is 12.1 Å². The molecule has 0 radical (unpaired) electrons. The van der Waals surface area contributed by atoms with Gasteiger partial charge in [0.25, 0.3) is 0 Å². The Kier molecular flexibility index (Phi) is 6.79. The van der Waals surface area contributed by atoms with Gasteiger partial charge in [0, 0.05) is 19.6 Å². The van der Waals surface area contributed by atoms with Crippen molar-refractivity contribution >= 4 is 11.8 Å². The molecule has 1 aliphatic heterocycles. The van der Waals surface area contributed by atoms with Crippen LogP contribution in [0.1, 0.15) is 29.5 Å². The van der Waals surface area contributed by atoms with E-state index in [-0.39, 0.29) is 11.8 Å². The van der Waals surface area contributed by atoms with Crippen molar-refractivity contribution in [2.45, 2.75) is 44.4 Å². The molecule has 0 spiro atoms. The second-order valence-electron chi connectivity index (χ2n) is 7.23. The number of carbonyl (C=O) groups excluding carboxylic acids is 2. The minimum Gasteiger partial charge on any atom is -0.350 e. The molecule has 5 N–H and O–H groups in total. The summed E-state index contributed by atoms with van der Waals surface area (Å²) in [7, 11) is 0. The van der Waals surface area contributed by atoms with E-state index in [1.165, 1.54) is 0 Å². The summed E-state index contributed by atoms with van der Waals surface area (Å²) in [5.74, 6) is -0.289. The maximum Gasteiger partial charge on any atom is 0.243 e. The molecule has 2 atom stereocenters. The third-order valence-corrected chi connectivity index (χ3v) is 5.15. The predicted octanol–water partition coefficient (Wildman–Crippen LogP) is 1.32. The fourth-order valence-electron chi connectivity index (χ4n) is 3.64. The predicted molar refractivity (Wildman–Crippen MR) is 109 cm³/mol. The zero-order valence-corrected chi connectivity index (χ0v) is 16.0. The van der Waals surface area contributed by atoms with Crippen LogP contribution in [0.25, 0.3) is 0 Å². The van der Waals surface area contributed by atoms with Gasteiger partial charge in [-0.25, -0.2) is 0 Å². The molecular weight excluding hydrogens is 352 g/mol. The van der Waals surface area contributed by atoms with Gasteiger partial charge in [0.15, 0.2) is 0 Å². The molecule has 0 bridgehead atoms. The molecule has 148 valence electrons. The molecule has 0 unspecified atom stereocenters. The van der Waals surface area contributed by atoms with Gasteiger partial charge in [0.2, 0.25) is 11.8 Å². The second kappa shape index (κ2) is 9.48. The van der Waals surface area contributed by atoms with E-state index >= 15 is 0 Å². The molecule has 1 aliphatic rings. The highest BCUT2D eigenvalue weighted by Gasteiger charge is 2.35. The Morgan fingerprint density at radius 1 is 1.07 bits per heavy atom. The first-order valence-corrected chi connectivity index (χ1v) is 9.74. The van der Waals surface area contributed by atoms with E-state index in [0.717, 1.165) is 23.1 Å². The molecule has 28 heavy (non-hydrogen) atoms. The highest BCUT2D eigenvalue weighted by molar-refractivity contribution is 5.90. The summed E-state index contributed by atoms with van der Waals surface area (Å²) in [6.07, 6.45) is 1.94. The minimum atomic E-state index is -0.642. The number of likely N-dealkylation sites (tertiary alicyclic amines) is 1. The highest BCUT2D eigenvalue weighted by atomic mass is 16.2. The Balaban J connectivity index is 1.58. The standard InChI is InChI=1S/C22H28N4O2/c23-14-17-8-4-9-18(12-17)15-25-21(27)20-10-5-11-26(20)22(28)19(24)13-16-6-2-1-3-7-16/h1-4,6-9,12,19-20H,5,10-11,13-15,23-24H2,(H,25,27)/t19-,20+/m1/s1. The summed E-state index contributed by atoms with van der Waals surface area (Å²) in [6.45, 7) is 1.45. The number of rotatable bonds is 7. The van der Waals surface area contributed by atoms with Crippen LogP contribution in [0.2, 0.25) is 0 Å². The van der Waals surface area contributed by atoms with Crippen molar-refractivity contribution in [2.24, 2.45) is 11.5 Å². The number of nitrogens with zero attached hydrogens (tertiary/aromatic N) is 1. The largest absolute Gasteiger partial charge is 0.350 e. The second-order valence-corrected chi connectivity index (χ2v) is 7.23. The summed E-state index contributed by atoms with van der Waals surface area (Å²) in [4.78, 5) is 27.2. The molecular formula is C22H28N4O2. The van der Waals surface area contributed by atoms with Crippen LogP contribution < -0.4 is 16.8 Å². The van der Waals surface area contributed by atoms with Crippen molar-refractivity contribution in [1.82, 2.24) is 10.2 Å². The van der Waals surface area contributed by atoms with Gasteiger partial charge in [0.1, 0.15) is 6.04 Å². The average molecular weight is 380 g/mol. The van der Waals surface area contributed by atoms with Crippen LogP contribution in [-0.4, -0.2) is 35.3 Å². The summed E-state index contributed by atoms with van der Waals surface area (Å²) < 4.78 is 0. The SMILES string of the molecule is NCc1cccc(CNC(=O)[C@@H]2CCCN2C(=O)[C@H](N)Cc2ccccc2)c1. The van der Waals surface area contributed by atoms with Crippen LogP contribution in [0.3, 0.4) is 0 Å². The van der Waals surface area contributed by atoms with Gasteiger partial charge < -0.3 is 21.7 Å². The molecule has 1 heterocycles. The Morgan fingerprint density at radius 2 is 1.79 bits per heavy atom. The van der Waals surface area contributed by atoms with E-state index in [9.17, 15) is 9.59 Å². The van der Waals surface area contributed by atoms with Crippen molar-refractivity contribution in [1.29, 1.82) is 0 Å². The molecule has 3 rings (SSSR count). The molecule has 0 aliphatic carbocycles. The van der Waals surface area contributed by atoms with Crippen LogP contribution in [0, 0.1) is 0 Å². The monoisotopic (exact) mass is 380 g/mol. The Bertz CT molecular complexity index is 809. The van der Waals surface area contributed by atoms with Gasteiger partial charge in [-0.1, -0.05) is 54.6 Å². The summed E-state index contributed by atoms with van der Waals surface area (Å²) in [5.41, 5.74) is 14.9. The lowest BCUT2D eigenvalue weighted by molar-refractivity contribution is -0.139.